The molecule has 0 aliphatic carbocycles. The van der Waals surface area contributed by atoms with Crippen molar-refractivity contribution >= 4 is 17.4 Å². The van der Waals surface area contributed by atoms with E-state index in [-0.39, 0.29) is 0 Å². The first-order chi connectivity index (χ1) is 10.9. The monoisotopic (exact) mass is 308 g/mol. The summed E-state index contributed by atoms with van der Waals surface area (Å²) in [6.07, 6.45) is 0. The van der Waals surface area contributed by atoms with Gasteiger partial charge in [0.2, 0.25) is 11.8 Å². The highest BCUT2D eigenvalue weighted by molar-refractivity contribution is 6.15. The molecule has 5 nitrogen and oxygen atoms in total. The fourth-order valence-electron chi connectivity index (χ4n) is 3.09. The Labute approximate surface area is 133 Å². The van der Waals surface area contributed by atoms with Gasteiger partial charge >= 0.3 is 5.97 Å². The quantitative estimate of drug-likeness (QED) is 0.851. The molecule has 0 saturated carbocycles. The van der Waals surface area contributed by atoms with E-state index < -0.39 is 17.8 Å². The van der Waals surface area contributed by atoms with Gasteiger partial charge in [-0.1, -0.05) is 23.8 Å². The number of hydrogen-bond acceptors (Lipinski definition) is 4. The normalized spacial score (nSPS) is 16.3. The van der Waals surface area contributed by atoms with Crippen LogP contribution in [-0.2, 0) is 4.79 Å². The molecule has 0 aromatic heterocycles. The standard InChI is InChI=1S/C18H16N2O3/c1-9-6-10(2)15(11(3)7-9)12-4-5-14-13(8-12)17(21)16(18(22)23)20-19-14/h4-8,16H,1-3H3,(H,22,23). The van der Waals surface area contributed by atoms with Crippen LogP contribution in [0.4, 0.5) is 5.69 Å². The maximum atomic E-state index is 12.3. The predicted molar refractivity (Wildman–Crippen MR) is 86.4 cm³/mol. The van der Waals surface area contributed by atoms with Crippen molar-refractivity contribution in [3.8, 4) is 11.1 Å². The van der Waals surface area contributed by atoms with E-state index in [4.69, 9.17) is 5.11 Å². The molecule has 1 atom stereocenters. The Balaban J connectivity index is 2.15. The van der Waals surface area contributed by atoms with Gasteiger partial charge in [-0.25, -0.2) is 4.79 Å². The summed E-state index contributed by atoms with van der Waals surface area (Å²) >= 11 is 0. The molecule has 0 saturated heterocycles. The lowest BCUT2D eigenvalue weighted by atomic mass is 9.91. The summed E-state index contributed by atoms with van der Waals surface area (Å²) in [4.78, 5) is 23.4. The first-order valence-corrected chi connectivity index (χ1v) is 7.28. The third-order valence-electron chi connectivity index (χ3n) is 3.99. The molecule has 0 bridgehead atoms. The molecule has 0 amide bonds. The number of benzene rings is 2. The predicted octanol–water partition coefficient (Wildman–Crippen LogP) is 4.01. The average molecular weight is 308 g/mol. The number of carbonyl (C=O) groups excluding carboxylic acids is 1. The molecule has 3 rings (SSSR count). The van der Waals surface area contributed by atoms with Crippen LogP contribution in [0.5, 0.6) is 0 Å². The van der Waals surface area contributed by atoms with Crippen molar-refractivity contribution in [1.82, 2.24) is 0 Å². The van der Waals surface area contributed by atoms with Crippen molar-refractivity contribution in [3.05, 3.63) is 52.6 Å². The van der Waals surface area contributed by atoms with Crippen molar-refractivity contribution in [2.45, 2.75) is 26.8 Å². The second-order valence-corrected chi connectivity index (χ2v) is 5.83. The SMILES string of the molecule is Cc1cc(C)c(-c2ccc3c(c2)C(=O)C(C(=O)O)N=N3)c(C)c1. The van der Waals surface area contributed by atoms with Crippen molar-refractivity contribution in [2.24, 2.45) is 10.2 Å². The van der Waals surface area contributed by atoms with Crippen LogP contribution in [0.3, 0.4) is 0 Å². The minimum Gasteiger partial charge on any atom is -0.479 e. The van der Waals surface area contributed by atoms with Crippen LogP contribution in [0.25, 0.3) is 11.1 Å². The lowest BCUT2D eigenvalue weighted by Crippen LogP contribution is -2.29. The smallest absolute Gasteiger partial charge is 0.338 e. The lowest BCUT2D eigenvalue weighted by molar-refractivity contribution is -0.137. The van der Waals surface area contributed by atoms with Crippen LogP contribution in [0.15, 0.2) is 40.6 Å². The second-order valence-electron chi connectivity index (χ2n) is 5.83. The summed E-state index contributed by atoms with van der Waals surface area (Å²) < 4.78 is 0. The highest BCUT2D eigenvalue weighted by Gasteiger charge is 2.32. The number of rotatable bonds is 2. The summed E-state index contributed by atoms with van der Waals surface area (Å²) in [7, 11) is 0. The van der Waals surface area contributed by atoms with Gasteiger partial charge in [0.05, 0.1) is 5.69 Å². The van der Waals surface area contributed by atoms with Gasteiger partial charge in [-0.3, -0.25) is 4.79 Å². The van der Waals surface area contributed by atoms with E-state index in [1.54, 1.807) is 12.1 Å². The lowest BCUT2D eigenvalue weighted by Gasteiger charge is -2.16. The number of aryl methyl sites for hydroxylation is 3. The molecule has 1 aliphatic heterocycles. The largest absolute Gasteiger partial charge is 0.479 e. The van der Waals surface area contributed by atoms with E-state index in [1.807, 2.05) is 26.8 Å². The molecule has 0 spiro atoms. The van der Waals surface area contributed by atoms with Gasteiger partial charge in [-0.05, 0) is 55.2 Å². The molecule has 5 heteroatoms. The van der Waals surface area contributed by atoms with Gasteiger partial charge in [-0.15, -0.1) is 0 Å². The molecule has 1 aliphatic rings. The molecule has 0 fully saturated rings. The van der Waals surface area contributed by atoms with Gasteiger partial charge in [0.25, 0.3) is 0 Å². The van der Waals surface area contributed by atoms with Gasteiger partial charge < -0.3 is 5.11 Å². The number of azo groups is 1. The van der Waals surface area contributed by atoms with E-state index in [2.05, 4.69) is 22.4 Å². The average Bonchev–Trinajstić information content (AvgIpc) is 2.46. The summed E-state index contributed by atoms with van der Waals surface area (Å²) in [6.45, 7) is 6.09. The molecule has 1 heterocycles. The Morgan fingerprint density at radius 1 is 1.09 bits per heavy atom. The number of nitrogens with zero attached hydrogens (tertiary/aromatic N) is 2. The van der Waals surface area contributed by atoms with Crippen LogP contribution < -0.4 is 0 Å². The second kappa shape index (κ2) is 5.43. The maximum absolute atomic E-state index is 12.3. The molecule has 23 heavy (non-hydrogen) atoms. The van der Waals surface area contributed by atoms with E-state index in [9.17, 15) is 9.59 Å². The molecule has 2 aromatic carbocycles. The highest BCUT2D eigenvalue weighted by Crippen LogP contribution is 2.34. The van der Waals surface area contributed by atoms with Crippen molar-refractivity contribution in [2.75, 3.05) is 0 Å². The van der Waals surface area contributed by atoms with Crippen LogP contribution in [-0.4, -0.2) is 22.9 Å². The van der Waals surface area contributed by atoms with Crippen LogP contribution in [0.1, 0.15) is 27.0 Å². The zero-order valence-corrected chi connectivity index (χ0v) is 13.1. The van der Waals surface area contributed by atoms with Gasteiger partial charge in [-0.2, -0.15) is 10.2 Å². The summed E-state index contributed by atoms with van der Waals surface area (Å²) in [5.74, 6) is -1.80. The van der Waals surface area contributed by atoms with Crippen molar-refractivity contribution in [1.29, 1.82) is 0 Å². The third-order valence-corrected chi connectivity index (χ3v) is 3.99. The van der Waals surface area contributed by atoms with Gasteiger partial charge in [0.15, 0.2) is 0 Å². The number of Topliss-reactive ketones (excluding diaryl/α,β-unsaturated/α-hetero) is 1. The minimum absolute atomic E-state index is 0.310. The van der Waals surface area contributed by atoms with Crippen molar-refractivity contribution in [3.63, 3.8) is 0 Å². The zero-order valence-electron chi connectivity index (χ0n) is 13.1. The van der Waals surface area contributed by atoms with Crippen LogP contribution >= 0.6 is 0 Å². The van der Waals surface area contributed by atoms with E-state index >= 15 is 0 Å². The molecule has 116 valence electrons. The molecule has 1 unspecified atom stereocenters. The Bertz CT molecular complexity index is 846. The number of hydrogen-bond donors (Lipinski definition) is 1. The molecular weight excluding hydrogens is 292 g/mol. The molecular formula is C18H16N2O3. The number of carboxylic acid groups (broad SMARTS) is 1. The first-order valence-electron chi connectivity index (χ1n) is 7.28. The number of carboxylic acids is 1. The Morgan fingerprint density at radius 2 is 1.74 bits per heavy atom. The van der Waals surface area contributed by atoms with Crippen LogP contribution in [0.2, 0.25) is 0 Å². The van der Waals surface area contributed by atoms with Gasteiger partial charge in [0, 0.05) is 5.56 Å². The molecule has 2 aromatic rings. The molecule has 0 radical (unpaired) electrons. The van der Waals surface area contributed by atoms with Crippen molar-refractivity contribution < 1.29 is 14.7 Å². The first kappa shape index (κ1) is 15.1. The fourth-order valence-corrected chi connectivity index (χ4v) is 3.09. The Hall–Kier alpha value is -2.82. The minimum atomic E-state index is -1.45. The van der Waals surface area contributed by atoms with Crippen LogP contribution in [0, 0.1) is 20.8 Å². The highest BCUT2D eigenvalue weighted by atomic mass is 16.4. The summed E-state index contributed by atoms with van der Waals surface area (Å²) in [6, 6.07) is 8.04. The summed E-state index contributed by atoms with van der Waals surface area (Å²) in [5.41, 5.74) is 6.07. The maximum Gasteiger partial charge on any atom is 0.338 e. The number of fused-ring (bicyclic) bond motifs is 1. The van der Waals surface area contributed by atoms with Gasteiger partial charge in [0.1, 0.15) is 0 Å². The Morgan fingerprint density at radius 3 is 2.35 bits per heavy atom. The Kier molecular flexibility index (Phi) is 3.56. The third kappa shape index (κ3) is 2.54. The topological polar surface area (TPSA) is 79.1 Å². The number of aliphatic carboxylic acids is 1. The number of ketones is 1. The molecule has 1 N–H and O–H groups in total. The summed E-state index contributed by atoms with van der Waals surface area (Å²) in [5, 5.41) is 16.5. The van der Waals surface area contributed by atoms with E-state index in [0.29, 0.717) is 11.3 Å². The fraction of sp³-hybridized carbons (Fsp3) is 0.222. The van der Waals surface area contributed by atoms with E-state index in [1.165, 1.54) is 5.56 Å². The zero-order chi connectivity index (χ0) is 16.7. The van der Waals surface area contributed by atoms with E-state index in [0.717, 1.165) is 22.3 Å². The number of carbonyl (C=O) groups is 2.